The van der Waals surface area contributed by atoms with E-state index >= 15 is 0 Å². The van der Waals surface area contributed by atoms with Crippen molar-refractivity contribution >= 4 is 28.2 Å². The molecule has 0 fully saturated rings. The maximum Gasteiger partial charge on any atom is 0.335 e. The fourth-order valence-corrected chi connectivity index (χ4v) is 5.43. The highest BCUT2D eigenvalue weighted by Gasteiger charge is 2.28. The van der Waals surface area contributed by atoms with Crippen LogP contribution < -0.4 is 11.1 Å². The molecular formula is C29H35ClF2N2O5S. The molecule has 0 amide bonds. The molecule has 0 bridgehead atoms. The van der Waals surface area contributed by atoms with Crippen LogP contribution in [0.5, 0.6) is 0 Å². The van der Waals surface area contributed by atoms with Crippen LogP contribution in [0.3, 0.4) is 0 Å². The number of aliphatic hydroxyl groups excluding tert-OH is 1. The minimum Gasteiger partial charge on any atom is -0.457 e. The Morgan fingerprint density at radius 2 is 1.62 bits per heavy atom. The lowest BCUT2D eigenvalue weighted by Crippen LogP contribution is -2.47. The van der Waals surface area contributed by atoms with E-state index in [1.165, 1.54) is 12.1 Å². The Bertz CT molecular complexity index is 1330. The lowest BCUT2D eigenvalue weighted by molar-refractivity contribution is -0.160. The average Bonchev–Trinajstić information content (AvgIpc) is 2.91. The summed E-state index contributed by atoms with van der Waals surface area (Å²) in [5.74, 6) is -3.00. The van der Waals surface area contributed by atoms with Crippen molar-refractivity contribution in [1.82, 2.24) is 5.32 Å². The van der Waals surface area contributed by atoms with Crippen molar-refractivity contribution in [2.45, 2.75) is 55.9 Å². The Morgan fingerprint density at radius 3 is 2.27 bits per heavy atom. The van der Waals surface area contributed by atoms with Gasteiger partial charge in [0.05, 0.1) is 10.6 Å². The van der Waals surface area contributed by atoms with Gasteiger partial charge in [-0.1, -0.05) is 49.4 Å². The monoisotopic (exact) mass is 596 g/mol. The molecule has 0 spiro atoms. The van der Waals surface area contributed by atoms with E-state index in [0.717, 1.165) is 35.7 Å². The summed E-state index contributed by atoms with van der Waals surface area (Å²) in [5.41, 5.74) is 8.76. The van der Waals surface area contributed by atoms with Crippen LogP contribution in [0.4, 0.5) is 8.78 Å². The van der Waals surface area contributed by atoms with Crippen molar-refractivity contribution < 1.29 is 31.8 Å². The second kappa shape index (κ2) is 15.8. The third kappa shape index (κ3) is 10.3. The Balaban J connectivity index is 0.00000560. The molecule has 3 aromatic rings. The lowest BCUT2D eigenvalue weighted by Gasteiger charge is -2.26. The second-order valence-electron chi connectivity index (χ2n) is 9.36. The molecule has 40 heavy (non-hydrogen) atoms. The third-order valence-corrected chi connectivity index (χ3v) is 8.01. The summed E-state index contributed by atoms with van der Waals surface area (Å²) in [6.07, 6.45) is -2.17. The van der Waals surface area contributed by atoms with E-state index in [4.69, 9.17) is 10.5 Å². The molecule has 0 radical (unpaired) electrons. The zero-order chi connectivity index (χ0) is 28.4. The van der Waals surface area contributed by atoms with Gasteiger partial charge in [-0.25, -0.2) is 22.0 Å². The number of rotatable bonds is 14. The maximum atomic E-state index is 13.7. The summed E-state index contributed by atoms with van der Waals surface area (Å²) in [5, 5.41) is 13.6. The molecule has 0 aliphatic carbocycles. The molecule has 0 heterocycles. The molecule has 0 aliphatic heterocycles. The number of ether oxygens (including phenoxy) is 1. The van der Waals surface area contributed by atoms with Gasteiger partial charge in [0, 0.05) is 25.2 Å². The van der Waals surface area contributed by atoms with E-state index in [1.54, 1.807) is 18.2 Å². The molecule has 3 atom stereocenters. The highest BCUT2D eigenvalue weighted by atomic mass is 35.5. The highest BCUT2D eigenvalue weighted by Crippen LogP contribution is 2.15. The fourth-order valence-electron chi connectivity index (χ4n) is 4.09. The van der Waals surface area contributed by atoms with Gasteiger partial charge in [-0.3, -0.25) is 0 Å². The van der Waals surface area contributed by atoms with Gasteiger partial charge in [-0.05, 0) is 60.2 Å². The van der Waals surface area contributed by atoms with Crippen molar-refractivity contribution in [1.29, 1.82) is 0 Å². The average molecular weight is 597 g/mol. The van der Waals surface area contributed by atoms with E-state index in [0.29, 0.717) is 6.54 Å². The Kier molecular flexibility index (Phi) is 13.1. The molecule has 0 aromatic heterocycles. The summed E-state index contributed by atoms with van der Waals surface area (Å²) < 4.78 is 57.9. The van der Waals surface area contributed by atoms with E-state index in [9.17, 15) is 27.1 Å². The van der Waals surface area contributed by atoms with Crippen molar-refractivity contribution in [3.63, 3.8) is 0 Å². The Labute approximate surface area is 240 Å². The quantitative estimate of drug-likeness (QED) is 0.243. The number of esters is 1. The van der Waals surface area contributed by atoms with Crippen molar-refractivity contribution in [2.75, 3.05) is 12.3 Å². The molecule has 0 saturated carbocycles. The van der Waals surface area contributed by atoms with Gasteiger partial charge in [-0.15, -0.1) is 12.4 Å². The summed E-state index contributed by atoms with van der Waals surface area (Å²) in [7, 11) is -3.71. The number of nitrogens with one attached hydrogen (secondary N) is 1. The van der Waals surface area contributed by atoms with Crippen molar-refractivity contribution in [3.8, 4) is 0 Å². The van der Waals surface area contributed by atoms with Crippen molar-refractivity contribution in [2.24, 2.45) is 5.73 Å². The number of carbonyl (C=O) groups is 1. The van der Waals surface area contributed by atoms with Crippen LogP contribution in [0.25, 0.3) is 0 Å². The first-order valence-corrected chi connectivity index (χ1v) is 14.4. The van der Waals surface area contributed by atoms with Gasteiger partial charge in [0.25, 0.3) is 0 Å². The Morgan fingerprint density at radius 1 is 0.975 bits per heavy atom. The summed E-state index contributed by atoms with van der Waals surface area (Å²) in [6, 6.07) is 17.8. The number of sulfone groups is 1. The van der Waals surface area contributed by atoms with E-state index in [-0.39, 0.29) is 42.3 Å². The number of hydrogen-bond acceptors (Lipinski definition) is 7. The minimum atomic E-state index is -3.71. The van der Waals surface area contributed by atoms with Gasteiger partial charge < -0.3 is 20.9 Å². The maximum absolute atomic E-state index is 13.7. The third-order valence-electron chi connectivity index (χ3n) is 6.25. The minimum absolute atomic E-state index is 0. The topological polar surface area (TPSA) is 119 Å². The largest absolute Gasteiger partial charge is 0.457 e. The lowest BCUT2D eigenvalue weighted by atomic mass is 10.0. The predicted octanol–water partition coefficient (Wildman–Crippen LogP) is 3.75. The van der Waals surface area contributed by atoms with Gasteiger partial charge in [0.2, 0.25) is 0 Å². The van der Waals surface area contributed by atoms with Gasteiger partial charge >= 0.3 is 5.97 Å². The molecule has 11 heteroatoms. The zero-order valence-electron chi connectivity index (χ0n) is 22.1. The second-order valence-corrected chi connectivity index (χ2v) is 11.5. The van der Waals surface area contributed by atoms with Crippen LogP contribution in [0.15, 0.2) is 77.7 Å². The number of nitrogens with two attached hydrogens (primary N) is 1. The molecule has 218 valence electrons. The molecule has 0 aliphatic rings. The smallest absolute Gasteiger partial charge is 0.335 e. The molecule has 7 nitrogen and oxygen atoms in total. The van der Waals surface area contributed by atoms with Crippen LogP contribution >= 0.6 is 12.4 Å². The number of carbonyl (C=O) groups excluding carboxylic acids is 1. The van der Waals surface area contributed by atoms with Crippen LogP contribution in [-0.2, 0) is 38.8 Å². The summed E-state index contributed by atoms with van der Waals surface area (Å²) in [6.45, 7) is 2.59. The Hall–Kier alpha value is -2.89. The van der Waals surface area contributed by atoms with Gasteiger partial charge in [0.1, 0.15) is 17.7 Å². The summed E-state index contributed by atoms with van der Waals surface area (Å²) >= 11 is 0. The van der Waals surface area contributed by atoms with Crippen LogP contribution in [0.2, 0.25) is 0 Å². The fraction of sp³-hybridized carbons (Fsp3) is 0.345. The standard InChI is InChI=1S/C29H34F2N2O5S.ClH/c1-2-20-7-6-8-21(13-20)18-33-19-28(26(32)16-22-14-23(30)17-24(31)15-22)38-29(35)27(34)11-12-39(36,37)25-9-4-3-5-10-25;/h3-10,13-15,17,26-28,33-34H,2,11-12,16,18-19,32H2,1H3;1H/t26-,27?,28+;/m0./s1. The molecule has 3 aromatic carbocycles. The van der Waals surface area contributed by atoms with Crippen molar-refractivity contribution in [3.05, 3.63) is 101 Å². The molecule has 1 unspecified atom stereocenters. The van der Waals surface area contributed by atoms with Crippen LogP contribution in [0.1, 0.15) is 30.0 Å². The highest BCUT2D eigenvalue weighted by molar-refractivity contribution is 7.91. The first kappa shape index (κ1) is 33.3. The van der Waals surface area contributed by atoms with E-state index in [2.05, 4.69) is 5.32 Å². The number of aryl methyl sites for hydroxylation is 1. The first-order chi connectivity index (χ1) is 18.6. The predicted molar refractivity (Wildman–Crippen MR) is 152 cm³/mol. The van der Waals surface area contributed by atoms with Gasteiger partial charge in [-0.2, -0.15) is 0 Å². The first-order valence-electron chi connectivity index (χ1n) is 12.7. The summed E-state index contributed by atoms with van der Waals surface area (Å²) in [4.78, 5) is 12.8. The molecule has 3 rings (SSSR count). The van der Waals surface area contributed by atoms with Gasteiger partial charge in [0.15, 0.2) is 15.9 Å². The number of hydrogen-bond donors (Lipinski definition) is 3. The zero-order valence-corrected chi connectivity index (χ0v) is 23.8. The molecule has 0 saturated heterocycles. The SMILES string of the molecule is CCc1cccc(CNC[C@@H](OC(=O)C(O)CCS(=O)(=O)c2ccccc2)[C@@H](N)Cc2cc(F)cc(F)c2)c1.Cl. The normalized spacial score (nSPS) is 13.6. The van der Waals surface area contributed by atoms with E-state index in [1.807, 2.05) is 31.2 Å². The van der Waals surface area contributed by atoms with E-state index < -0.39 is 51.4 Å². The molecule has 4 N–H and O–H groups in total. The number of benzene rings is 3. The van der Waals surface area contributed by atoms with Crippen LogP contribution in [-0.4, -0.2) is 50.0 Å². The van der Waals surface area contributed by atoms with Crippen LogP contribution in [0, 0.1) is 11.6 Å². The number of aliphatic hydroxyl groups is 1. The number of halogens is 3. The molecular weight excluding hydrogens is 562 g/mol.